The summed E-state index contributed by atoms with van der Waals surface area (Å²) in [6.07, 6.45) is 0. The number of nitrogens with one attached hydrogen (secondary N) is 1. The van der Waals surface area contributed by atoms with Crippen molar-refractivity contribution in [3.05, 3.63) is 54.1 Å². The highest BCUT2D eigenvalue weighted by Crippen LogP contribution is 2.15. The van der Waals surface area contributed by atoms with Crippen LogP contribution >= 0.6 is 0 Å². The van der Waals surface area contributed by atoms with Crippen molar-refractivity contribution in [1.29, 1.82) is 0 Å². The molecule has 21 heavy (non-hydrogen) atoms. The van der Waals surface area contributed by atoms with Gasteiger partial charge in [0.05, 0.1) is 4.90 Å². The van der Waals surface area contributed by atoms with Gasteiger partial charge in [-0.15, -0.1) is 0 Å². The molecule has 0 bridgehead atoms. The van der Waals surface area contributed by atoms with Gasteiger partial charge in [-0.05, 0) is 36.7 Å². The van der Waals surface area contributed by atoms with Crippen LogP contribution in [0, 0.1) is 6.92 Å². The molecule has 0 radical (unpaired) electrons. The van der Waals surface area contributed by atoms with Gasteiger partial charge in [-0.25, -0.2) is 8.42 Å². The Morgan fingerprint density at radius 2 is 1.48 bits per heavy atom. The van der Waals surface area contributed by atoms with Gasteiger partial charge in [0.1, 0.15) is 0 Å². The minimum atomic E-state index is -3.64. The molecule has 112 valence electrons. The van der Waals surface area contributed by atoms with Crippen LogP contribution in [0.4, 0.5) is 5.69 Å². The smallest absolute Gasteiger partial charge is 0.423 e. The lowest BCUT2D eigenvalue weighted by Crippen LogP contribution is -2.29. The zero-order chi connectivity index (χ0) is 14.8. The lowest BCUT2D eigenvalue weighted by atomic mass is 9.80. The molecule has 5 nitrogen and oxygen atoms in total. The van der Waals surface area contributed by atoms with Crippen LogP contribution in [0.1, 0.15) is 13.0 Å². The summed E-state index contributed by atoms with van der Waals surface area (Å²) in [5.74, 6) is 0. The molecule has 2 aromatic rings. The SMILES string of the molecule is C.Cc1ccc(S(=O)(=O)Nc2ccc(B(O)O)cc2)cc1. The molecule has 0 amide bonds. The summed E-state index contributed by atoms with van der Waals surface area (Å²) in [4.78, 5) is 0.175. The number of hydrogen-bond acceptors (Lipinski definition) is 4. The second-order valence-electron chi connectivity index (χ2n) is 4.41. The van der Waals surface area contributed by atoms with E-state index in [1.807, 2.05) is 6.92 Å². The van der Waals surface area contributed by atoms with Crippen molar-refractivity contribution in [2.45, 2.75) is 19.2 Å². The first kappa shape index (κ1) is 17.2. The van der Waals surface area contributed by atoms with Crippen LogP contribution in [0.5, 0.6) is 0 Å². The highest BCUT2D eigenvalue weighted by molar-refractivity contribution is 7.92. The molecule has 0 aliphatic heterocycles. The first-order chi connectivity index (χ1) is 9.38. The van der Waals surface area contributed by atoms with Crippen LogP contribution in [0.3, 0.4) is 0 Å². The van der Waals surface area contributed by atoms with Crippen molar-refractivity contribution in [2.24, 2.45) is 0 Å². The average molecular weight is 307 g/mol. The minimum absolute atomic E-state index is 0. The maximum absolute atomic E-state index is 12.1. The monoisotopic (exact) mass is 307 g/mol. The Morgan fingerprint density at radius 3 is 1.95 bits per heavy atom. The van der Waals surface area contributed by atoms with E-state index in [1.165, 1.54) is 36.4 Å². The molecule has 3 N–H and O–H groups in total. The molecule has 0 saturated carbocycles. The van der Waals surface area contributed by atoms with Gasteiger partial charge >= 0.3 is 7.12 Å². The van der Waals surface area contributed by atoms with Gasteiger partial charge < -0.3 is 10.0 Å². The summed E-state index contributed by atoms with van der Waals surface area (Å²) < 4.78 is 26.7. The van der Waals surface area contributed by atoms with Crippen LogP contribution in [-0.2, 0) is 10.0 Å². The molecule has 0 aromatic heterocycles. The standard InChI is InChI=1S/C13H14BNO4S.CH4/c1-10-2-8-13(9-3-10)20(18,19)15-12-6-4-11(5-7-12)14(16)17;/h2-9,15-17H,1H3;1H4. The van der Waals surface area contributed by atoms with Crippen molar-refractivity contribution < 1.29 is 18.5 Å². The number of benzene rings is 2. The largest absolute Gasteiger partial charge is 0.488 e. The fourth-order valence-corrected chi connectivity index (χ4v) is 2.71. The van der Waals surface area contributed by atoms with Gasteiger partial charge in [0.2, 0.25) is 0 Å². The van der Waals surface area contributed by atoms with E-state index in [-0.39, 0.29) is 12.3 Å². The van der Waals surface area contributed by atoms with E-state index in [0.717, 1.165) is 5.56 Å². The summed E-state index contributed by atoms with van der Waals surface area (Å²) >= 11 is 0. The fourth-order valence-electron chi connectivity index (χ4n) is 1.65. The zero-order valence-corrected chi connectivity index (χ0v) is 11.6. The van der Waals surface area contributed by atoms with Gasteiger partial charge in [0.25, 0.3) is 10.0 Å². The Kier molecular flexibility index (Phi) is 5.54. The second kappa shape index (κ2) is 6.75. The second-order valence-corrected chi connectivity index (χ2v) is 6.10. The van der Waals surface area contributed by atoms with Gasteiger partial charge in [-0.3, -0.25) is 4.72 Å². The van der Waals surface area contributed by atoms with E-state index in [4.69, 9.17) is 10.0 Å². The van der Waals surface area contributed by atoms with Crippen molar-refractivity contribution in [2.75, 3.05) is 4.72 Å². The number of anilines is 1. The third-order valence-electron chi connectivity index (χ3n) is 2.79. The van der Waals surface area contributed by atoms with E-state index in [2.05, 4.69) is 4.72 Å². The van der Waals surface area contributed by atoms with Crippen LogP contribution in [0.25, 0.3) is 0 Å². The minimum Gasteiger partial charge on any atom is -0.423 e. The van der Waals surface area contributed by atoms with Crippen molar-refractivity contribution >= 4 is 28.3 Å². The number of rotatable bonds is 4. The number of aryl methyl sites for hydroxylation is 1. The molecule has 0 aliphatic carbocycles. The quantitative estimate of drug-likeness (QED) is 0.739. The molecule has 2 aromatic carbocycles. The van der Waals surface area contributed by atoms with E-state index in [0.29, 0.717) is 11.2 Å². The fraction of sp³-hybridized carbons (Fsp3) is 0.143. The molecule has 0 fully saturated rings. The van der Waals surface area contributed by atoms with Crippen LogP contribution in [-0.4, -0.2) is 25.6 Å². The zero-order valence-electron chi connectivity index (χ0n) is 10.8. The Hall–Kier alpha value is -1.83. The highest BCUT2D eigenvalue weighted by Gasteiger charge is 2.15. The highest BCUT2D eigenvalue weighted by atomic mass is 32.2. The molecule has 0 unspecified atom stereocenters. The van der Waals surface area contributed by atoms with Crippen LogP contribution in [0.2, 0.25) is 0 Å². The summed E-state index contributed by atoms with van der Waals surface area (Å²) in [6, 6.07) is 12.3. The summed E-state index contributed by atoms with van der Waals surface area (Å²) in [5, 5.41) is 17.9. The summed E-state index contributed by atoms with van der Waals surface area (Å²) in [6.45, 7) is 1.88. The van der Waals surface area contributed by atoms with Crippen molar-refractivity contribution in [1.82, 2.24) is 0 Å². The van der Waals surface area contributed by atoms with Gasteiger partial charge in [0, 0.05) is 5.69 Å². The third-order valence-corrected chi connectivity index (χ3v) is 4.19. The first-order valence-electron chi connectivity index (χ1n) is 5.94. The normalized spacial score (nSPS) is 10.6. The van der Waals surface area contributed by atoms with Gasteiger partial charge in [-0.1, -0.05) is 37.3 Å². The first-order valence-corrected chi connectivity index (χ1v) is 7.42. The molecule has 0 atom stereocenters. The Labute approximate surface area is 125 Å². The third kappa shape index (κ3) is 4.32. The molecule has 2 rings (SSSR count). The van der Waals surface area contributed by atoms with Crippen molar-refractivity contribution in [3.63, 3.8) is 0 Å². The van der Waals surface area contributed by atoms with E-state index < -0.39 is 17.1 Å². The van der Waals surface area contributed by atoms with Gasteiger partial charge in [-0.2, -0.15) is 0 Å². The Bertz CT molecular complexity index is 682. The maximum Gasteiger partial charge on any atom is 0.488 e. The Balaban J connectivity index is 0.00000220. The lowest BCUT2D eigenvalue weighted by Gasteiger charge is -2.09. The number of sulfonamides is 1. The maximum atomic E-state index is 12.1. The van der Waals surface area contributed by atoms with E-state index in [1.54, 1.807) is 12.1 Å². The number of hydrogen-bond donors (Lipinski definition) is 3. The average Bonchev–Trinajstić information content (AvgIpc) is 2.39. The topological polar surface area (TPSA) is 86.6 Å². The predicted octanol–water partition coefficient (Wildman–Crippen LogP) is 1.11. The molecular weight excluding hydrogens is 289 g/mol. The molecular formula is C14H18BNO4S. The predicted molar refractivity (Wildman–Crippen MR) is 85.0 cm³/mol. The molecule has 0 heterocycles. The molecule has 0 aliphatic rings. The van der Waals surface area contributed by atoms with Gasteiger partial charge in [0.15, 0.2) is 0 Å². The van der Waals surface area contributed by atoms with E-state index >= 15 is 0 Å². The molecule has 0 saturated heterocycles. The lowest BCUT2D eigenvalue weighted by molar-refractivity contribution is 0.426. The molecule has 0 spiro atoms. The van der Waals surface area contributed by atoms with E-state index in [9.17, 15) is 8.42 Å². The Morgan fingerprint density at radius 1 is 0.952 bits per heavy atom. The summed E-state index contributed by atoms with van der Waals surface area (Å²) in [5.41, 5.74) is 1.63. The summed E-state index contributed by atoms with van der Waals surface area (Å²) in [7, 11) is -5.21. The van der Waals surface area contributed by atoms with Crippen LogP contribution < -0.4 is 10.2 Å². The van der Waals surface area contributed by atoms with Crippen molar-refractivity contribution in [3.8, 4) is 0 Å². The molecule has 7 heteroatoms. The van der Waals surface area contributed by atoms with Crippen LogP contribution in [0.15, 0.2) is 53.4 Å².